The Hall–Kier alpha value is -4.71. The molecule has 0 radical (unpaired) electrons. The van der Waals surface area contributed by atoms with Crippen molar-refractivity contribution in [1.82, 2.24) is 0 Å². The number of halogens is 1. The summed E-state index contributed by atoms with van der Waals surface area (Å²) in [7, 11) is 1.55. The molecule has 0 spiro atoms. The summed E-state index contributed by atoms with van der Waals surface area (Å²) < 4.78 is 31.4. The fourth-order valence-corrected chi connectivity index (χ4v) is 5.54. The molecular formula is C34H30FNO4. The van der Waals surface area contributed by atoms with E-state index in [-0.39, 0.29) is 17.1 Å². The minimum atomic E-state index is -0.273. The average Bonchev–Trinajstić information content (AvgIpc) is 2.92. The molecule has 0 fully saturated rings. The summed E-state index contributed by atoms with van der Waals surface area (Å²) in [5.41, 5.74) is 7.31. The van der Waals surface area contributed by atoms with Gasteiger partial charge in [-0.2, -0.15) is 0 Å². The Morgan fingerprint density at radius 1 is 0.975 bits per heavy atom. The zero-order chi connectivity index (χ0) is 28.0. The molecule has 4 aromatic rings. The van der Waals surface area contributed by atoms with Gasteiger partial charge in [-0.25, -0.2) is 4.39 Å². The lowest BCUT2D eigenvalue weighted by Gasteiger charge is -2.35. The number of ether oxygens (including phenoxy) is 3. The summed E-state index contributed by atoms with van der Waals surface area (Å²) in [6.45, 7) is 6.72. The molecule has 5 nitrogen and oxygen atoms in total. The molecule has 6 heteroatoms. The van der Waals surface area contributed by atoms with Crippen molar-refractivity contribution in [2.45, 2.75) is 32.9 Å². The van der Waals surface area contributed by atoms with Gasteiger partial charge in [0.2, 0.25) is 0 Å². The average molecular weight is 536 g/mol. The molecule has 2 aliphatic heterocycles. The Morgan fingerprint density at radius 3 is 2.55 bits per heavy atom. The van der Waals surface area contributed by atoms with Crippen LogP contribution in [0.5, 0.6) is 23.0 Å². The van der Waals surface area contributed by atoms with E-state index >= 15 is 0 Å². The fourth-order valence-electron chi connectivity index (χ4n) is 5.54. The van der Waals surface area contributed by atoms with Crippen molar-refractivity contribution in [3.8, 4) is 34.1 Å². The smallest absolute Gasteiger partial charge is 0.172 e. The van der Waals surface area contributed by atoms with Gasteiger partial charge in [0.1, 0.15) is 29.7 Å². The van der Waals surface area contributed by atoms with Crippen LogP contribution >= 0.6 is 0 Å². The summed E-state index contributed by atoms with van der Waals surface area (Å²) in [5, 5.41) is 14.2. The van der Waals surface area contributed by atoms with E-state index in [0.717, 1.165) is 39.1 Å². The molecule has 0 unspecified atom stereocenters. The van der Waals surface area contributed by atoms with Crippen LogP contribution in [0.3, 0.4) is 0 Å². The molecule has 2 N–H and O–H groups in total. The number of hydrogen-bond donors (Lipinski definition) is 2. The minimum absolute atomic E-state index is 0.0541. The van der Waals surface area contributed by atoms with Gasteiger partial charge in [0.05, 0.1) is 18.2 Å². The largest absolute Gasteiger partial charge is 0.504 e. The van der Waals surface area contributed by atoms with Gasteiger partial charge in [0.25, 0.3) is 0 Å². The third-order valence-electron chi connectivity index (χ3n) is 7.15. The number of fused-ring (bicyclic) bond motifs is 5. The SMILES string of the molecule is COc1c(O)ccc2c1-c1ccc3c(c1/C(=C/c1cccc(OCc4ccc(F)cc4)c1)O2)C(C)=CC(C)(C)N3. The highest BCUT2D eigenvalue weighted by atomic mass is 19.1. The number of hydrogen-bond acceptors (Lipinski definition) is 5. The van der Waals surface area contributed by atoms with Crippen molar-refractivity contribution < 1.29 is 23.7 Å². The van der Waals surface area contributed by atoms with E-state index in [1.54, 1.807) is 31.4 Å². The van der Waals surface area contributed by atoms with Gasteiger partial charge in [-0.1, -0.05) is 36.4 Å². The van der Waals surface area contributed by atoms with E-state index < -0.39 is 0 Å². The second-order valence-corrected chi connectivity index (χ2v) is 10.7. The molecule has 202 valence electrons. The van der Waals surface area contributed by atoms with Crippen LogP contribution < -0.4 is 19.5 Å². The highest BCUT2D eigenvalue weighted by Crippen LogP contribution is 2.54. The monoisotopic (exact) mass is 535 g/mol. The molecule has 2 heterocycles. The summed E-state index contributed by atoms with van der Waals surface area (Å²) in [6, 6.07) is 21.5. The van der Waals surface area contributed by atoms with Crippen LogP contribution in [0.2, 0.25) is 0 Å². The lowest BCUT2D eigenvalue weighted by atomic mass is 9.83. The molecule has 2 aliphatic rings. The first-order valence-corrected chi connectivity index (χ1v) is 13.1. The topological polar surface area (TPSA) is 60.0 Å². The van der Waals surface area contributed by atoms with Gasteiger partial charge in [0, 0.05) is 22.4 Å². The Balaban J connectivity index is 1.46. The second kappa shape index (κ2) is 9.79. The van der Waals surface area contributed by atoms with E-state index in [4.69, 9.17) is 14.2 Å². The summed E-state index contributed by atoms with van der Waals surface area (Å²) in [5.74, 6) is 2.12. The number of phenolic OH excluding ortho intramolecular Hbond substituents is 1. The van der Waals surface area contributed by atoms with Crippen molar-refractivity contribution in [1.29, 1.82) is 0 Å². The zero-order valence-corrected chi connectivity index (χ0v) is 22.8. The molecule has 0 atom stereocenters. The maximum absolute atomic E-state index is 13.3. The second-order valence-electron chi connectivity index (χ2n) is 10.7. The molecular weight excluding hydrogens is 505 g/mol. The Morgan fingerprint density at radius 2 is 1.77 bits per heavy atom. The van der Waals surface area contributed by atoms with Crippen LogP contribution in [-0.4, -0.2) is 17.8 Å². The van der Waals surface area contributed by atoms with E-state index in [1.165, 1.54) is 12.1 Å². The molecule has 0 saturated carbocycles. The standard InChI is InChI=1S/C34H30FNO4/c1-20-18-34(2,3)36-26-13-12-25-31(30(20)26)29(40-28-15-14-27(37)33(38-4)32(25)28)17-22-6-5-7-24(16-22)39-19-21-8-10-23(35)11-9-21/h5-18,36-37H,19H2,1-4H3/b29-17-. The number of anilines is 1. The molecule has 0 aliphatic carbocycles. The lowest BCUT2D eigenvalue weighted by Crippen LogP contribution is -2.32. The molecule has 4 aromatic carbocycles. The molecule has 6 rings (SSSR count). The Bertz CT molecular complexity index is 1690. The van der Waals surface area contributed by atoms with Crippen molar-refractivity contribution in [2.24, 2.45) is 0 Å². The molecule has 40 heavy (non-hydrogen) atoms. The predicted molar refractivity (Wildman–Crippen MR) is 157 cm³/mol. The van der Waals surface area contributed by atoms with E-state index in [0.29, 0.717) is 35.2 Å². The Labute approximate surface area is 233 Å². The van der Waals surface area contributed by atoms with Gasteiger partial charge >= 0.3 is 0 Å². The number of benzene rings is 4. The summed E-state index contributed by atoms with van der Waals surface area (Å²) in [4.78, 5) is 0. The van der Waals surface area contributed by atoms with Crippen molar-refractivity contribution in [2.75, 3.05) is 12.4 Å². The highest BCUT2D eigenvalue weighted by Gasteiger charge is 2.33. The van der Waals surface area contributed by atoms with E-state index in [2.05, 4.69) is 44.3 Å². The molecule has 0 amide bonds. The number of rotatable bonds is 5. The Kier molecular flexibility index (Phi) is 6.26. The zero-order valence-electron chi connectivity index (χ0n) is 22.8. The van der Waals surface area contributed by atoms with Gasteiger partial charge in [-0.05, 0) is 86.0 Å². The van der Waals surface area contributed by atoms with Crippen LogP contribution in [0.15, 0.2) is 78.9 Å². The molecule has 0 saturated heterocycles. The predicted octanol–water partition coefficient (Wildman–Crippen LogP) is 8.28. The van der Waals surface area contributed by atoms with Crippen LogP contribution in [0.25, 0.3) is 28.5 Å². The van der Waals surface area contributed by atoms with Gasteiger partial charge in [0.15, 0.2) is 11.5 Å². The maximum atomic E-state index is 13.3. The highest BCUT2D eigenvalue weighted by molar-refractivity contribution is 6.02. The minimum Gasteiger partial charge on any atom is -0.504 e. The number of aromatic hydroxyl groups is 1. The van der Waals surface area contributed by atoms with Gasteiger partial charge in [-0.3, -0.25) is 0 Å². The van der Waals surface area contributed by atoms with Crippen LogP contribution in [0.1, 0.15) is 43.0 Å². The summed E-state index contributed by atoms with van der Waals surface area (Å²) >= 11 is 0. The first-order chi connectivity index (χ1) is 19.2. The van der Waals surface area contributed by atoms with Crippen molar-refractivity contribution in [3.63, 3.8) is 0 Å². The fraction of sp³-hybridized carbons (Fsp3) is 0.176. The van der Waals surface area contributed by atoms with Gasteiger partial charge < -0.3 is 24.6 Å². The number of phenols is 1. The number of methoxy groups -OCH3 is 1. The first-order valence-electron chi connectivity index (χ1n) is 13.1. The first kappa shape index (κ1) is 25.6. The maximum Gasteiger partial charge on any atom is 0.172 e. The quantitative estimate of drug-likeness (QED) is 0.269. The normalized spacial score (nSPS) is 15.6. The molecule has 0 bridgehead atoms. The third-order valence-corrected chi connectivity index (χ3v) is 7.15. The van der Waals surface area contributed by atoms with Crippen molar-refractivity contribution in [3.05, 3.63) is 107 Å². The molecule has 0 aromatic heterocycles. The lowest BCUT2D eigenvalue weighted by molar-refractivity contribution is 0.306. The van der Waals surface area contributed by atoms with E-state index in [9.17, 15) is 9.50 Å². The van der Waals surface area contributed by atoms with E-state index in [1.807, 2.05) is 30.3 Å². The van der Waals surface area contributed by atoms with Crippen LogP contribution in [0.4, 0.5) is 10.1 Å². The summed E-state index contributed by atoms with van der Waals surface area (Å²) in [6.07, 6.45) is 4.21. The van der Waals surface area contributed by atoms with Gasteiger partial charge in [-0.15, -0.1) is 0 Å². The number of nitrogens with one attached hydrogen (secondary N) is 1. The van der Waals surface area contributed by atoms with Crippen molar-refractivity contribution >= 4 is 23.1 Å². The number of allylic oxidation sites excluding steroid dienone is 1. The van der Waals surface area contributed by atoms with Crippen LogP contribution in [0, 0.1) is 5.82 Å². The third kappa shape index (κ3) is 4.66. The van der Waals surface area contributed by atoms with Crippen LogP contribution in [-0.2, 0) is 6.61 Å².